The number of thiophene rings is 1. The van der Waals surface area contributed by atoms with Crippen molar-refractivity contribution in [3.8, 4) is 0 Å². The molecule has 0 radical (unpaired) electrons. The number of hydrogen-bond acceptors (Lipinski definition) is 3. The van der Waals surface area contributed by atoms with E-state index in [4.69, 9.17) is 5.11 Å². The van der Waals surface area contributed by atoms with Crippen molar-refractivity contribution in [3.05, 3.63) is 51.2 Å². The molecule has 0 saturated carbocycles. The van der Waals surface area contributed by atoms with E-state index in [1.165, 1.54) is 6.92 Å². The fraction of sp³-hybridized carbons (Fsp3) is 0.154. The van der Waals surface area contributed by atoms with E-state index in [-0.39, 0.29) is 22.7 Å². The fourth-order valence-electron chi connectivity index (χ4n) is 1.63. The van der Waals surface area contributed by atoms with E-state index in [2.05, 4.69) is 5.32 Å². The Kier molecular flexibility index (Phi) is 3.80. The van der Waals surface area contributed by atoms with E-state index in [1.807, 2.05) is 0 Å². The molecule has 2 aromatic rings. The topological polar surface area (TPSA) is 49.3 Å². The van der Waals surface area contributed by atoms with Crippen molar-refractivity contribution in [1.29, 1.82) is 0 Å². The van der Waals surface area contributed by atoms with Crippen LogP contribution in [0.5, 0.6) is 0 Å². The highest BCUT2D eigenvalue weighted by atomic mass is 32.1. The zero-order valence-electron chi connectivity index (χ0n) is 10.0. The smallest absolute Gasteiger partial charge is 0.346 e. The highest BCUT2D eigenvalue weighted by Crippen LogP contribution is 2.22. The van der Waals surface area contributed by atoms with Crippen LogP contribution in [-0.4, -0.2) is 11.1 Å². The van der Waals surface area contributed by atoms with Crippen LogP contribution in [0.3, 0.4) is 0 Å². The van der Waals surface area contributed by atoms with E-state index in [0.29, 0.717) is 5.56 Å². The predicted octanol–water partition coefficient (Wildman–Crippen LogP) is 3.65. The zero-order valence-corrected chi connectivity index (χ0v) is 10.9. The maximum Gasteiger partial charge on any atom is 0.346 e. The number of carboxylic acids is 1. The molecule has 2 N–H and O–H groups in total. The molecule has 0 fully saturated rings. The van der Waals surface area contributed by atoms with Gasteiger partial charge in [-0.15, -0.1) is 11.3 Å². The molecule has 3 nitrogen and oxygen atoms in total. The monoisotopic (exact) mass is 283 g/mol. The van der Waals surface area contributed by atoms with Crippen molar-refractivity contribution >= 4 is 23.0 Å². The summed E-state index contributed by atoms with van der Waals surface area (Å²) in [5.41, 5.74) is 0.785. The minimum absolute atomic E-state index is 0.0191. The number of halogens is 2. The standard InChI is InChI=1S/C13H11F2NO2S/c1-7-4-10(15)11(5-9(7)14)16-6-8-2-3-19-12(8)13(17)18/h2-5,16H,6H2,1H3,(H,17,18). The third-order valence-electron chi connectivity index (χ3n) is 2.66. The Bertz CT molecular complexity index is 625. The van der Waals surface area contributed by atoms with E-state index in [0.717, 1.165) is 23.5 Å². The molecule has 6 heteroatoms. The number of aryl methyl sites for hydroxylation is 1. The lowest BCUT2D eigenvalue weighted by atomic mass is 10.2. The molecule has 100 valence electrons. The second kappa shape index (κ2) is 5.36. The normalized spacial score (nSPS) is 10.5. The molecule has 0 unspecified atom stereocenters. The Morgan fingerprint density at radius 3 is 2.79 bits per heavy atom. The molecule has 0 amide bonds. The molecular formula is C13H11F2NO2S. The van der Waals surface area contributed by atoms with Gasteiger partial charge >= 0.3 is 5.97 Å². The molecule has 0 bridgehead atoms. The maximum atomic E-state index is 13.6. The van der Waals surface area contributed by atoms with Gasteiger partial charge in [0, 0.05) is 12.6 Å². The van der Waals surface area contributed by atoms with Crippen LogP contribution in [0, 0.1) is 18.6 Å². The lowest BCUT2D eigenvalue weighted by Crippen LogP contribution is -2.05. The average Bonchev–Trinajstić information content (AvgIpc) is 2.80. The number of aromatic carboxylic acids is 1. The van der Waals surface area contributed by atoms with Gasteiger partial charge in [0.15, 0.2) is 0 Å². The first-order chi connectivity index (χ1) is 8.99. The molecule has 0 atom stereocenters. The van der Waals surface area contributed by atoms with Gasteiger partial charge < -0.3 is 10.4 Å². The Balaban J connectivity index is 2.17. The Labute approximate surface area is 112 Å². The molecule has 0 spiro atoms. The molecule has 19 heavy (non-hydrogen) atoms. The van der Waals surface area contributed by atoms with Gasteiger partial charge in [-0.3, -0.25) is 0 Å². The first kappa shape index (κ1) is 13.5. The summed E-state index contributed by atoms with van der Waals surface area (Å²) in [6, 6.07) is 3.81. The zero-order chi connectivity index (χ0) is 14.0. The summed E-state index contributed by atoms with van der Waals surface area (Å²) in [5, 5.41) is 13.3. The van der Waals surface area contributed by atoms with Crippen LogP contribution >= 0.6 is 11.3 Å². The first-order valence-corrected chi connectivity index (χ1v) is 6.36. The molecule has 1 heterocycles. The first-order valence-electron chi connectivity index (χ1n) is 5.48. The van der Waals surface area contributed by atoms with E-state index in [1.54, 1.807) is 11.4 Å². The highest BCUT2D eigenvalue weighted by molar-refractivity contribution is 7.12. The summed E-state index contributed by atoms with van der Waals surface area (Å²) in [5.74, 6) is -2.10. The molecule has 2 rings (SSSR count). The summed E-state index contributed by atoms with van der Waals surface area (Å²) in [6.07, 6.45) is 0. The van der Waals surface area contributed by atoms with Crippen LogP contribution in [0.15, 0.2) is 23.6 Å². The van der Waals surface area contributed by atoms with Gasteiger partial charge in [0.05, 0.1) is 5.69 Å². The van der Waals surface area contributed by atoms with Crippen LogP contribution in [0.4, 0.5) is 14.5 Å². The third-order valence-corrected chi connectivity index (χ3v) is 3.60. The average molecular weight is 283 g/mol. The fourth-order valence-corrected chi connectivity index (χ4v) is 2.40. The van der Waals surface area contributed by atoms with Crippen molar-refractivity contribution in [2.24, 2.45) is 0 Å². The van der Waals surface area contributed by atoms with Crippen LogP contribution in [0.1, 0.15) is 20.8 Å². The minimum Gasteiger partial charge on any atom is -0.477 e. The molecule has 1 aromatic carbocycles. The summed E-state index contributed by atoms with van der Waals surface area (Å²) in [7, 11) is 0. The van der Waals surface area contributed by atoms with E-state index >= 15 is 0 Å². The van der Waals surface area contributed by atoms with Crippen molar-refractivity contribution in [3.63, 3.8) is 0 Å². The van der Waals surface area contributed by atoms with Crippen molar-refractivity contribution in [2.75, 3.05) is 5.32 Å². The lowest BCUT2D eigenvalue weighted by molar-refractivity contribution is 0.0701. The predicted molar refractivity (Wildman–Crippen MR) is 69.7 cm³/mol. The number of carbonyl (C=O) groups is 1. The quantitative estimate of drug-likeness (QED) is 0.900. The van der Waals surface area contributed by atoms with Crippen molar-refractivity contribution in [2.45, 2.75) is 13.5 Å². The van der Waals surface area contributed by atoms with Crippen LogP contribution in [-0.2, 0) is 6.54 Å². The van der Waals surface area contributed by atoms with Gasteiger partial charge in [-0.05, 0) is 35.6 Å². The van der Waals surface area contributed by atoms with Gasteiger partial charge in [0.2, 0.25) is 0 Å². The van der Waals surface area contributed by atoms with Gasteiger partial charge in [-0.2, -0.15) is 0 Å². The SMILES string of the molecule is Cc1cc(F)c(NCc2ccsc2C(=O)O)cc1F. The van der Waals surface area contributed by atoms with Crippen LogP contribution in [0.2, 0.25) is 0 Å². The summed E-state index contributed by atoms with van der Waals surface area (Å²) in [6.45, 7) is 1.61. The van der Waals surface area contributed by atoms with Gasteiger partial charge in [-0.25, -0.2) is 13.6 Å². The number of hydrogen-bond donors (Lipinski definition) is 2. The van der Waals surface area contributed by atoms with Crippen LogP contribution < -0.4 is 5.32 Å². The summed E-state index contributed by atoms with van der Waals surface area (Å²) < 4.78 is 26.9. The van der Waals surface area contributed by atoms with Gasteiger partial charge in [0.25, 0.3) is 0 Å². The number of carboxylic acid groups (broad SMARTS) is 1. The second-order valence-electron chi connectivity index (χ2n) is 4.01. The molecule has 1 aromatic heterocycles. The number of anilines is 1. The molecular weight excluding hydrogens is 272 g/mol. The lowest BCUT2D eigenvalue weighted by Gasteiger charge is -2.08. The highest BCUT2D eigenvalue weighted by Gasteiger charge is 2.12. The molecule has 0 saturated heterocycles. The Morgan fingerprint density at radius 2 is 2.11 bits per heavy atom. The Morgan fingerprint density at radius 1 is 1.37 bits per heavy atom. The van der Waals surface area contributed by atoms with Crippen LogP contribution in [0.25, 0.3) is 0 Å². The summed E-state index contributed by atoms with van der Waals surface area (Å²) >= 11 is 1.10. The molecule has 0 aliphatic heterocycles. The van der Waals surface area contributed by atoms with Gasteiger partial charge in [0.1, 0.15) is 16.5 Å². The minimum atomic E-state index is -1.03. The van der Waals surface area contributed by atoms with E-state index in [9.17, 15) is 13.6 Å². The number of benzene rings is 1. The Hall–Kier alpha value is -1.95. The van der Waals surface area contributed by atoms with Crippen molar-refractivity contribution < 1.29 is 18.7 Å². The maximum absolute atomic E-state index is 13.6. The van der Waals surface area contributed by atoms with Crippen molar-refractivity contribution in [1.82, 2.24) is 0 Å². The largest absolute Gasteiger partial charge is 0.477 e. The number of nitrogens with one attached hydrogen (secondary N) is 1. The second-order valence-corrected chi connectivity index (χ2v) is 4.93. The summed E-state index contributed by atoms with van der Waals surface area (Å²) in [4.78, 5) is 11.1. The third kappa shape index (κ3) is 2.90. The van der Waals surface area contributed by atoms with E-state index < -0.39 is 17.6 Å². The molecule has 0 aliphatic carbocycles. The van der Waals surface area contributed by atoms with Gasteiger partial charge in [-0.1, -0.05) is 0 Å². The molecule has 0 aliphatic rings. The number of rotatable bonds is 4.